The molecule has 0 aromatic carbocycles. The number of thiazole rings is 1. The maximum Gasteiger partial charge on any atom is 0.263 e. The number of carbonyl (C=O) groups excluding carboxylic acids is 1. The second-order valence-corrected chi connectivity index (χ2v) is 5.49. The monoisotopic (exact) mass is 225 g/mol. The fraction of sp³-hybridized carbons (Fsp3) is 0.600. The van der Waals surface area contributed by atoms with Crippen LogP contribution in [0.25, 0.3) is 0 Å². The van der Waals surface area contributed by atoms with Gasteiger partial charge in [-0.15, -0.1) is 0 Å². The molecule has 1 aromatic heterocycles. The number of rotatable bonds is 3. The quantitative estimate of drug-likeness (QED) is 0.820. The lowest BCUT2D eigenvalue weighted by Gasteiger charge is -2.08. The highest BCUT2D eigenvalue weighted by Gasteiger charge is 2.37. The highest BCUT2D eigenvalue weighted by Crippen LogP contribution is 2.44. The van der Waals surface area contributed by atoms with Crippen molar-refractivity contribution in [3.63, 3.8) is 0 Å². The Labute approximate surface area is 92.9 Å². The van der Waals surface area contributed by atoms with Crippen molar-refractivity contribution < 1.29 is 4.79 Å². The summed E-state index contributed by atoms with van der Waals surface area (Å²) < 4.78 is 0. The minimum atomic E-state index is -0.0465. The minimum absolute atomic E-state index is 0.0465. The van der Waals surface area contributed by atoms with E-state index in [0.29, 0.717) is 15.4 Å². The van der Waals surface area contributed by atoms with Gasteiger partial charge in [-0.05, 0) is 25.2 Å². The summed E-state index contributed by atoms with van der Waals surface area (Å²) >= 11 is 1.25. The molecule has 0 spiro atoms. The third kappa shape index (κ3) is 2.28. The van der Waals surface area contributed by atoms with E-state index >= 15 is 0 Å². The Morgan fingerprint density at radius 1 is 1.67 bits per heavy atom. The van der Waals surface area contributed by atoms with Gasteiger partial charge in [0.15, 0.2) is 5.13 Å². The summed E-state index contributed by atoms with van der Waals surface area (Å²) in [7, 11) is 0. The number of nitrogens with two attached hydrogens (primary N) is 1. The van der Waals surface area contributed by atoms with E-state index in [9.17, 15) is 4.79 Å². The summed E-state index contributed by atoms with van der Waals surface area (Å²) in [6.07, 6.45) is 2.41. The number of aryl methyl sites for hydroxylation is 1. The fourth-order valence-corrected chi connectivity index (χ4v) is 2.14. The fourth-order valence-electron chi connectivity index (χ4n) is 1.39. The van der Waals surface area contributed by atoms with Crippen molar-refractivity contribution >= 4 is 22.4 Å². The molecule has 82 valence electrons. The zero-order chi connectivity index (χ0) is 11.1. The lowest BCUT2D eigenvalue weighted by atomic mass is 10.1. The van der Waals surface area contributed by atoms with Gasteiger partial charge in [0.05, 0.1) is 5.69 Å². The second kappa shape index (κ2) is 3.48. The second-order valence-electron chi connectivity index (χ2n) is 4.46. The van der Waals surface area contributed by atoms with Crippen LogP contribution in [0.1, 0.15) is 35.1 Å². The molecule has 1 amide bonds. The van der Waals surface area contributed by atoms with Crippen LogP contribution in [0.5, 0.6) is 0 Å². The number of anilines is 1. The molecule has 5 heteroatoms. The molecule has 1 heterocycles. The van der Waals surface area contributed by atoms with Crippen LogP contribution in [0.4, 0.5) is 5.13 Å². The van der Waals surface area contributed by atoms with Crippen LogP contribution in [0.3, 0.4) is 0 Å². The van der Waals surface area contributed by atoms with Crippen LogP contribution >= 0.6 is 11.3 Å². The highest BCUT2D eigenvalue weighted by atomic mass is 32.1. The molecule has 0 saturated heterocycles. The molecular formula is C10H15N3OS. The summed E-state index contributed by atoms with van der Waals surface area (Å²) in [5.74, 6) is -0.0465. The zero-order valence-electron chi connectivity index (χ0n) is 8.96. The normalized spacial score (nSPS) is 17.5. The Bertz CT molecular complexity index is 395. The van der Waals surface area contributed by atoms with Crippen molar-refractivity contribution in [3.05, 3.63) is 10.6 Å². The largest absolute Gasteiger partial charge is 0.375 e. The third-order valence-corrected chi connectivity index (χ3v) is 3.78. The minimum Gasteiger partial charge on any atom is -0.375 e. The van der Waals surface area contributed by atoms with E-state index in [1.807, 2.05) is 0 Å². The highest BCUT2D eigenvalue weighted by molar-refractivity contribution is 7.17. The lowest BCUT2D eigenvalue weighted by molar-refractivity contribution is 0.0949. The van der Waals surface area contributed by atoms with Crippen LogP contribution in [-0.4, -0.2) is 17.4 Å². The number of amides is 1. The SMILES string of the molecule is Cc1nc(N)sc1C(=O)NCC1(C)CC1. The van der Waals surface area contributed by atoms with Crippen molar-refractivity contribution in [1.82, 2.24) is 10.3 Å². The Balaban J connectivity index is 1.98. The maximum absolute atomic E-state index is 11.8. The van der Waals surface area contributed by atoms with Gasteiger partial charge >= 0.3 is 0 Å². The first kappa shape index (κ1) is 10.4. The number of aromatic nitrogens is 1. The summed E-state index contributed by atoms with van der Waals surface area (Å²) in [5, 5.41) is 3.39. The van der Waals surface area contributed by atoms with Gasteiger partial charge in [-0.2, -0.15) is 0 Å². The van der Waals surface area contributed by atoms with Gasteiger partial charge in [-0.25, -0.2) is 4.98 Å². The lowest BCUT2D eigenvalue weighted by Crippen LogP contribution is -2.28. The molecule has 0 radical (unpaired) electrons. The number of nitrogens with zero attached hydrogens (tertiary/aromatic N) is 1. The predicted molar refractivity (Wildman–Crippen MR) is 60.9 cm³/mol. The smallest absolute Gasteiger partial charge is 0.263 e. The van der Waals surface area contributed by atoms with Crippen molar-refractivity contribution in [1.29, 1.82) is 0 Å². The molecule has 1 aliphatic rings. The molecule has 0 bridgehead atoms. The molecule has 1 fully saturated rings. The average molecular weight is 225 g/mol. The van der Waals surface area contributed by atoms with Crippen molar-refractivity contribution in [2.24, 2.45) is 5.41 Å². The summed E-state index contributed by atoms with van der Waals surface area (Å²) in [5.41, 5.74) is 6.59. The van der Waals surface area contributed by atoms with Gasteiger partial charge in [0.2, 0.25) is 0 Å². The topological polar surface area (TPSA) is 68.0 Å². The Morgan fingerprint density at radius 2 is 2.33 bits per heavy atom. The predicted octanol–water partition coefficient (Wildman–Crippen LogP) is 1.56. The van der Waals surface area contributed by atoms with Gasteiger partial charge in [0.25, 0.3) is 5.91 Å². The molecule has 1 aliphatic carbocycles. The summed E-state index contributed by atoms with van der Waals surface area (Å²) in [6, 6.07) is 0. The van der Waals surface area contributed by atoms with Crippen LogP contribution in [0.2, 0.25) is 0 Å². The van der Waals surface area contributed by atoms with E-state index in [2.05, 4.69) is 17.2 Å². The number of nitrogen functional groups attached to an aromatic ring is 1. The van der Waals surface area contributed by atoms with E-state index in [1.165, 1.54) is 24.2 Å². The number of nitrogens with one attached hydrogen (secondary N) is 1. The van der Waals surface area contributed by atoms with E-state index in [-0.39, 0.29) is 5.91 Å². The first-order chi connectivity index (χ1) is 7.00. The molecule has 1 saturated carbocycles. The summed E-state index contributed by atoms with van der Waals surface area (Å²) in [6.45, 7) is 4.74. The van der Waals surface area contributed by atoms with Crippen LogP contribution in [0.15, 0.2) is 0 Å². The standard InChI is InChI=1S/C10H15N3OS/c1-6-7(15-9(11)13-6)8(14)12-5-10(2)3-4-10/h3-5H2,1-2H3,(H2,11,13)(H,12,14). The molecule has 0 unspecified atom stereocenters. The first-order valence-corrected chi connectivity index (χ1v) is 5.83. The molecule has 2 rings (SSSR count). The van der Waals surface area contributed by atoms with Gasteiger partial charge in [-0.1, -0.05) is 18.3 Å². The maximum atomic E-state index is 11.8. The molecule has 0 aliphatic heterocycles. The van der Waals surface area contributed by atoms with Gasteiger partial charge in [-0.3, -0.25) is 4.79 Å². The first-order valence-electron chi connectivity index (χ1n) is 5.01. The molecule has 4 nitrogen and oxygen atoms in total. The van der Waals surface area contributed by atoms with Crippen LogP contribution < -0.4 is 11.1 Å². The van der Waals surface area contributed by atoms with Gasteiger partial charge in [0.1, 0.15) is 4.88 Å². The van der Waals surface area contributed by atoms with Crippen LogP contribution in [-0.2, 0) is 0 Å². The van der Waals surface area contributed by atoms with Crippen molar-refractivity contribution in [2.75, 3.05) is 12.3 Å². The van der Waals surface area contributed by atoms with Gasteiger partial charge < -0.3 is 11.1 Å². The Hall–Kier alpha value is -1.10. The third-order valence-electron chi connectivity index (χ3n) is 2.80. The zero-order valence-corrected chi connectivity index (χ0v) is 9.78. The van der Waals surface area contributed by atoms with E-state index < -0.39 is 0 Å². The molecule has 15 heavy (non-hydrogen) atoms. The van der Waals surface area contributed by atoms with E-state index in [1.54, 1.807) is 6.92 Å². The van der Waals surface area contributed by atoms with E-state index in [0.717, 1.165) is 12.2 Å². The molecule has 3 N–H and O–H groups in total. The number of hydrogen-bond acceptors (Lipinski definition) is 4. The molecule has 1 aromatic rings. The Kier molecular flexibility index (Phi) is 2.42. The van der Waals surface area contributed by atoms with Crippen molar-refractivity contribution in [3.8, 4) is 0 Å². The number of carbonyl (C=O) groups is 1. The average Bonchev–Trinajstić information content (AvgIpc) is 2.80. The van der Waals surface area contributed by atoms with Gasteiger partial charge in [0, 0.05) is 6.54 Å². The Morgan fingerprint density at radius 3 is 2.80 bits per heavy atom. The van der Waals surface area contributed by atoms with Crippen LogP contribution in [0, 0.1) is 12.3 Å². The molecule has 0 atom stereocenters. The van der Waals surface area contributed by atoms with E-state index in [4.69, 9.17) is 5.73 Å². The van der Waals surface area contributed by atoms with Crippen molar-refractivity contribution in [2.45, 2.75) is 26.7 Å². The molecular weight excluding hydrogens is 210 g/mol. The number of hydrogen-bond donors (Lipinski definition) is 2. The summed E-state index contributed by atoms with van der Waals surface area (Å²) in [4.78, 5) is 16.4.